The minimum atomic E-state index is -3.30. The molecule has 1 saturated heterocycles. The number of nitrogens with two attached hydrogens (primary N) is 1. The van der Waals surface area contributed by atoms with Crippen molar-refractivity contribution in [3.63, 3.8) is 0 Å². The number of nitrogens with zero attached hydrogens (tertiary/aromatic N) is 3. The second-order valence-electron chi connectivity index (χ2n) is 5.56. The van der Waals surface area contributed by atoms with Crippen molar-refractivity contribution in [3.8, 4) is 0 Å². The molecule has 0 amide bonds. The van der Waals surface area contributed by atoms with Gasteiger partial charge in [-0.15, -0.1) is 24.0 Å². The van der Waals surface area contributed by atoms with Crippen LogP contribution in [0.4, 0.5) is 0 Å². The number of likely N-dealkylation sites (tertiary alicyclic amines) is 1. The number of hydrogen-bond donors (Lipinski definition) is 1. The second kappa shape index (κ2) is 8.09. The Hall–Kier alpha value is -0.900. The van der Waals surface area contributed by atoms with E-state index in [1.165, 1.54) is 6.26 Å². The molecule has 1 aromatic heterocycles. The number of rotatable bonds is 3. The first-order chi connectivity index (χ1) is 9.88. The summed E-state index contributed by atoms with van der Waals surface area (Å²) < 4.78 is 23.4. The average molecular weight is 438 g/mol. The first-order valence-electron chi connectivity index (χ1n) is 7.06. The number of halogens is 1. The Kier molecular flexibility index (Phi) is 7.04. The number of aliphatic imine (C=N–C) groups is 1. The quantitative estimate of drug-likeness (QED) is 0.441. The molecule has 0 atom stereocenters. The van der Waals surface area contributed by atoms with E-state index in [1.807, 2.05) is 4.90 Å². The third-order valence-corrected chi connectivity index (χ3v) is 4.92. The van der Waals surface area contributed by atoms with Gasteiger partial charge in [-0.25, -0.2) is 13.4 Å². The lowest BCUT2D eigenvalue weighted by Crippen LogP contribution is -2.42. The van der Waals surface area contributed by atoms with E-state index in [4.69, 9.17) is 5.73 Å². The normalized spacial score (nSPS) is 17.2. The summed E-state index contributed by atoms with van der Waals surface area (Å²) >= 11 is 0. The summed E-state index contributed by atoms with van der Waals surface area (Å²) in [6.07, 6.45) is 4.95. The molecule has 2 rings (SSSR count). The molecule has 8 heteroatoms. The number of sulfone groups is 1. The fraction of sp³-hybridized carbons (Fsp3) is 0.571. The standard InChI is InChI=1S/C14H22N4O2S.HI/c1-11-5-8-18(9-6-11)14(15)17-10-12-13(21(2,19)20)4-3-7-16-12;/h3-4,7,11H,5-6,8-10H2,1-2H3,(H2,15,17);1H. The fourth-order valence-electron chi connectivity index (χ4n) is 2.37. The van der Waals surface area contributed by atoms with Gasteiger partial charge in [0, 0.05) is 25.5 Å². The lowest BCUT2D eigenvalue weighted by molar-refractivity contribution is 0.277. The van der Waals surface area contributed by atoms with Crippen LogP contribution in [0.2, 0.25) is 0 Å². The smallest absolute Gasteiger partial charge is 0.191 e. The van der Waals surface area contributed by atoms with Gasteiger partial charge in [-0.3, -0.25) is 4.98 Å². The number of pyridine rings is 1. The van der Waals surface area contributed by atoms with Crippen LogP contribution >= 0.6 is 24.0 Å². The van der Waals surface area contributed by atoms with Crippen molar-refractivity contribution in [2.24, 2.45) is 16.6 Å². The highest BCUT2D eigenvalue weighted by Gasteiger charge is 2.18. The van der Waals surface area contributed by atoms with Gasteiger partial charge in [0.25, 0.3) is 0 Å². The molecule has 0 unspecified atom stereocenters. The van der Waals surface area contributed by atoms with Gasteiger partial charge in [-0.05, 0) is 30.9 Å². The van der Waals surface area contributed by atoms with E-state index in [0.29, 0.717) is 11.7 Å². The molecule has 1 aromatic rings. The van der Waals surface area contributed by atoms with Crippen molar-refractivity contribution in [2.75, 3.05) is 19.3 Å². The molecule has 0 radical (unpaired) electrons. The summed E-state index contributed by atoms with van der Waals surface area (Å²) in [5.74, 6) is 1.19. The Labute approximate surface area is 149 Å². The van der Waals surface area contributed by atoms with Gasteiger partial charge in [0.05, 0.1) is 17.1 Å². The summed E-state index contributed by atoms with van der Waals surface area (Å²) in [6.45, 7) is 4.22. The lowest BCUT2D eigenvalue weighted by atomic mass is 10.00. The molecule has 22 heavy (non-hydrogen) atoms. The summed E-state index contributed by atoms with van der Waals surface area (Å²) in [5, 5.41) is 0. The van der Waals surface area contributed by atoms with Gasteiger partial charge in [-0.1, -0.05) is 6.92 Å². The van der Waals surface area contributed by atoms with Gasteiger partial charge in [0.15, 0.2) is 15.8 Å². The molecule has 0 saturated carbocycles. The number of hydrogen-bond acceptors (Lipinski definition) is 4. The van der Waals surface area contributed by atoms with Crippen LogP contribution < -0.4 is 5.73 Å². The van der Waals surface area contributed by atoms with E-state index < -0.39 is 9.84 Å². The second-order valence-corrected chi connectivity index (χ2v) is 7.55. The number of aromatic nitrogens is 1. The maximum absolute atomic E-state index is 11.7. The molecule has 2 heterocycles. The van der Waals surface area contributed by atoms with E-state index in [0.717, 1.165) is 31.8 Å². The van der Waals surface area contributed by atoms with Crippen LogP contribution in [0.15, 0.2) is 28.2 Å². The number of piperidine rings is 1. The third-order valence-electron chi connectivity index (χ3n) is 3.75. The predicted octanol–water partition coefficient (Wildman–Crippen LogP) is 1.65. The Morgan fingerprint density at radius 1 is 1.45 bits per heavy atom. The van der Waals surface area contributed by atoms with Gasteiger partial charge in [0.2, 0.25) is 0 Å². The molecule has 0 spiro atoms. The van der Waals surface area contributed by atoms with Gasteiger partial charge >= 0.3 is 0 Å². The van der Waals surface area contributed by atoms with E-state index in [2.05, 4.69) is 16.9 Å². The molecular weight excluding hydrogens is 415 g/mol. The molecule has 1 aliphatic heterocycles. The summed E-state index contributed by atoms with van der Waals surface area (Å²) in [4.78, 5) is 10.7. The molecule has 2 N–H and O–H groups in total. The Bertz CT molecular complexity index is 625. The maximum atomic E-state index is 11.7. The van der Waals surface area contributed by atoms with Gasteiger partial charge < -0.3 is 10.6 Å². The van der Waals surface area contributed by atoms with Crippen LogP contribution in [0.5, 0.6) is 0 Å². The van der Waals surface area contributed by atoms with Gasteiger partial charge in [-0.2, -0.15) is 0 Å². The maximum Gasteiger partial charge on any atom is 0.191 e. The fourth-order valence-corrected chi connectivity index (χ4v) is 3.24. The van der Waals surface area contributed by atoms with Crippen molar-refractivity contribution >= 4 is 39.8 Å². The highest BCUT2D eigenvalue weighted by molar-refractivity contribution is 14.0. The van der Waals surface area contributed by atoms with E-state index >= 15 is 0 Å². The Morgan fingerprint density at radius 2 is 2.09 bits per heavy atom. The number of guanidine groups is 1. The lowest BCUT2D eigenvalue weighted by Gasteiger charge is -2.31. The zero-order chi connectivity index (χ0) is 15.5. The molecule has 1 fully saturated rings. The van der Waals surface area contributed by atoms with Crippen molar-refractivity contribution < 1.29 is 8.42 Å². The topological polar surface area (TPSA) is 88.7 Å². The predicted molar refractivity (Wildman–Crippen MR) is 98.1 cm³/mol. The Morgan fingerprint density at radius 3 is 2.68 bits per heavy atom. The third kappa shape index (κ3) is 5.08. The molecule has 124 valence electrons. The molecular formula is C14H23IN4O2S. The first kappa shape index (κ1) is 19.1. The van der Waals surface area contributed by atoms with Crippen LogP contribution in [-0.2, 0) is 16.4 Å². The average Bonchev–Trinajstić information content (AvgIpc) is 2.45. The van der Waals surface area contributed by atoms with E-state index in [-0.39, 0.29) is 35.4 Å². The van der Waals surface area contributed by atoms with Crippen LogP contribution in [0, 0.1) is 5.92 Å². The highest BCUT2D eigenvalue weighted by atomic mass is 127. The zero-order valence-corrected chi connectivity index (χ0v) is 16.0. The van der Waals surface area contributed by atoms with Crippen LogP contribution in [0.25, 0.3) is 0 Å². The van der Waals surface area contributed by atoms with Crippen LogP contribution in [-0.4, -0.2) is 43.6 Å². The monoisotopic (exact) mass is 438 g/mol. The molecule has 0 aliphatic carbocycles. The van der Waals surface area contributed by atoms with E-state index in [9.17, 15) is 8.42 Å². The van der Waals surface area contributed by atoms with Crippen molar-refractivity contribution in [1.82, 2.24) is 9.88 Å². The van der Waals surface area contributed by atoms with Crippen molar-refractivity contribution in [2.45, 2.75) is 31.2 Å². The minimum absolute atomic E-state index is 0. The summed E-state index contributed by atoms with van der Waals surface area (Å²) in [6, 6.07) is 3.16. The van der Waals surface area contributed by atoms with Crippen LogP contribution in [0.3, 0.4) is 0 Å². The summed E-state index contributed by atoms with van der Waals surface area (Å²) in [7, 11) is -3.30. The van der Waals surface area contributed by atoms with Crippen LogP contribution in [0.1, 0.15) is 25.5 Å². The molecule has 1 aliphatic rings. The highest BCUT2D eigenvalue weighted by Crippen LogP contribution is 2.16. The molecule has 0 aromatic carbocycles. The molecule has 6 nitrogen and oxygen atoms in total. The van der Waals surface area contributed by atoms with Gasteiger partial charge in [0.1, 0.15) is 0 Å². The first-order valence-corrected chi connectivity index (χ1v) is 8.96. The Balaban J connectivity index is 0.00000242. The SMILES string of the molecule is CC1CCN(C(N)=NCc2ncccc2S(C)(=O)=O)CC1.I. The van der Waals surface area contributed by atoms with E-state index in [1.54, 1.807) is 18.3 Å². The zero-order valence-electron chi connectivity index (χ0n) is 12.9. The summed E-state index contributed by atoms with van der Waals surface area (Å²) in [5.41, 5.74) is 6.44. The minimum Gasteiger partial charge on any atom is -0.370 e. The molecule has 0 bridgehead atoms. The van der Waals surface area contributed by atoms with Crippen molar-refractivity contribution in [3.05, 3.63) is 24.0 Å². The largest absolute Gasteiger partial charge is 0.370 e. The van der Waals surface area contributed by atoms with Crippen molar-refractivity contribution in [1.29, 1.82) is 0 Å².